The van der Waals surface area contributed by atoms with Crippen LogP contribution in [0.25, 0.3) is 0 Å². The van der Waals surface area contributed by atoms with E-state index in [1.807, 2.05) is 33.5 Å². The normalized spacial score (nSPS) is 12.5. The molecular weight excluding hydrogens is 302 g/mol. The molecule has 0 aliphatic heterocycles. The standard InChI is InChI=1S/C14H33NO4Si2/c1-7-17-21(6,18-8-2)13-9-11-15-12-10-14(16)19-20(3,4)5/h15H,7-13H2,1-6H3. The number of hydrogen-bond donors (Lipinski definition) is 1. The van der Waals surface area contributed by atoms with Crippen LogP contribution in [0.3, 0.4) is 0 Å². The minimum Gasteiger partial charge on any atom is -0.520 e. The van der Waals surface area contributed by atoms with Crippen molar-refractivity contribution < 1.29 is 18.1 Å². The van der Waals surface area contributed by atoms with E-state index in [0.29, 0.717) is 26.2 Å². The van der Waals surface area contributed by atoms with Gasteiger partial charge in [0.05, 0.1) is 6.42 Å². The molecule has 0 radical (unpaired) electrons. The Morgan fingerprint density at radius 3 is 2.05 bits per heavy atom. The first-order valence-corrected chi connectivity index (χ1v) is 13.9. The Labute approximate surface area is 132 Å². The molecule has 0 unspecified atom stereocenters. The summed E-state index contributed by atoms with van der Waals surface area (Å²) >= 11 is 0. The maximum absolute atomic E-state index is 11.6. The van der Waals surface area contributed by atoms with Gasteiger partial charge in [-0.05, 0) is 59.0 Å². The van der Waals surface area contributed by atoms with E-state index in [1.54, 1.807) is 0 Å². The lowest BCUT2D eigenvalue weighted by Gasteiger charge is -2.25. The van der Waals surface area contributed by atoms with Gasteiger partial charge in [0.2, 0.25) is 8.32 Å². The lowest BCUT2D eigenvalue weighted by atomic mass is 10.4. The zero-order valence-electron chi connectivity index (χ0n) is 14.6. The van der Waals surface area contributed by atoms with Crippen LogP contribution in [0.15, 0.2) is 0 Å². The van der Waals surface area contributed by atoms with Crippen LogP contribution in [-0.4, -0.2) is 49.2 Å². The van der Waals surface area contributed by atoms with Crippen LogP contribution < -0.4 is 5.32 Å². The first kappa shape index (κ1) is 20.8. The largest absolute Gasteiger partial charge is 0.520 e. The first-order chi connectivity index (χ1) is 9.72. The monoisotopic (exact) mass is 335 g/mol. The molecule has 0 saturated carbocycles. The Hall–Kier alpha value is -0.216. The van der Waals surface area contributed by atoms with E-state index >= 15 is 0 Å². The van der Waals surface area contributed by atoms with Crippen LogP contribution in [-0.2, 0) is 18.1 Å². The topological polar surface area (TPSA) is 56.8 Å². The summed E-state index contributed by atoms with van der Waals surface area (Å²) in [5, 5.41) is 3.28. The number of nitrogens with one attached hydrogen (secondary N) is 1. The van der Waals surface area contributed by atoms with Gasteiger partial charge in [0.15, 0.2) is 0 Å². The van der Waals surface area contributed by atoms with Gasteiger partial charge in [-0.1, -0.05) is 0 Å². The van der Waals surface area contributed by atoms with Crippen LogP contribution in [0.1, 0.15) is 26.7 Å². The Bertz CT molecular complexity index is 289. The molecule has 0 aliphatic rings. The molecule has 0 saturated heterocycles. The molecule has 0 aromatic carbocycles. The molecule has 0 heterocycles. The van der Waals surface area contributed by atoms with E-state index in [4.69, 9.17) is 13.3 Å². The van der Waals surface area contributed by atoms with Gasteiger partial charge in [0, 0.05) is 19.8 Å². The van der Waals surface area contributed by atoms with E-state index in [9.17, 15) is 4.79 Å². The predicted octanol–water partition coefficient (Wildman–Crippen LogP) is 2.88. The second-order valence-electron chi connectivity index (χ2n) is 6.19. The van der Waals surface area contributed by atoms with Crippen molar-refractivity contribution in [1.29, 1.82) is 0 Å². The fraction of sp³-hybridized carbons (Fsp3) is 0.929. The van der Waals surface area contributed by atoms with E-state index in [2.05, 4.69) is 11.9 Å². The average molecular weight is 336 g/mol. The van der Waals surface area contributed by atoms with Gasteiger partial charge >= 0.3 is 8.56 Å². The third-order valence-corrected chi connectivity index (χ3v) is 6.71. The van der Waals surface area contributed by atoms with Crippen LogP contribution in [0.4, 0.5) is 0 Å². The van der Waals surface area contributed by atoms with Crippen molar-refractivity contribution in [2.24, 2.45) is 0 Å². The van der Waals surface area contributed by atoms with Crippen molar-refractivity contribution in [3.63, 3.8) is 0 Å². The van der Waals surface area contributed by atoms with E-state index < -0.39 is 16.9 Å². The zero-order valence-corrected chi connectivity index (χ0v) is 16.6. The fourth-order valence-electron chi connectivity index (χ4n) is 2.04. The Morgan fingerprint density at radius 2 is 1.57 bits per heavy atom. The second-order valence-corrected chi connectivity index (χ2v) is 14.0. The summed E-state index contributed by atoms with van der Waals surface area (Å²) in [6, 6.07) is 0.973. The highest BCUT2D eigenvalue weighted by Crippen LogP contribution is 2.15. The third-order valence-electron chi connectivity index (χ3n) is 2.81. The molecule has 0 aromatic rings. The summed E-state index contributed by atoms with van der Waals surface area (Å²) in [6.45, 7) is 15.2. The molecule has 1 N–H and O–H groups in total. The molecule has 0 atom stereocenters. The zero-order chi connectivity index (χ0) is 16.4. The molecule has 0 fully saturated rings. The number of carbonyl (C=O) groups excluding carboxylic acids is 1. The van der Waals surface area contributed by atoms with Crippen molar-refractivity contribution in [1.82, 2.24) is 5.32 Å². The molecule has 0 amide bonds. The lowest BCUT2D eigenvalue weighted by Crippen LogP contribution is -2.39. The SMILES string of the molecule is CCO[Si](C)(CCCNCCC(=O)O[Si](C)(C)C)OCC. The van der Waals surface area contributed by atoms with E-state index in [-0.39, 0.29) is 5.97 Å². The van der Waals surface area contributed by atoms with Gasteiger partial charge in [-0.3, -0.25) is 4.79 Å². The number of carbonyl (C=O) groups is 1. The molecule has 5 nitrogen and oxygen atoms in total. The molecular formula is C14H33NO4Si2. The summed E-state index contributed by atoms with van der Waals surface area (Å²) in [4.78, 5) is 11.6. The summed E-state index contributed by atoms with van der Waals surface area (Å²) in [5.41, 5.74) is 0. The Morgan fingerprint density at radius 1 is 1.00 bits per heavy atom. The van der Waals surface area contributed by atoms with E-state index in [1.165, 1.54) is 0 Å². The number of hydrogen-bond acceptors (Lipinski definition) is 5. The first-order valence-electron chi connectivity index (χ1n) is 7.93. The van der Waals surface area contributed by atoms with Crippen molar-refractivity contribution in [3.8, 4) is 0 Å². The maximum atomic E-state index is 11.6. The quantitative estimate of drug-likeness (QED) is 0.439. The maximum Gasteiger partial charge on any atom is 0.334 e. The van der Waals surface area contributed by atoms with Gasteiger partial charge in [0.1, 0.15) is 0 Å². The van der Waals surface area contributed by atoms with Gasteiger partial charge in [-0.25, -0.2) is 0 Å². The minimum absolute atomic E-state index is 0.0930. The lowest BCUT2D eigenvalue weighted by molar-refractivity contribution is -0.135. The molecule has 0 rings (SSSR count). The van der Waals surface area contributed by atoms with Gasteiger partial charge in [-0.15, -0.1) is 0 Å². The Kier molecular flexibility index (Phi) is 10.4. The van der Waals surface area contributed by atoms with Crippen LogP contribution in [0, 0.1) is 0 Å². The smallest absolute Gasteiger partial charge is 0.334 e. The molecule has 126 valence electrons. The predicted molar refractivity (Wildman–Crippen MR) is 91.2 cm³/mol. The highest BCUT2D eigenvalue weighted by atomic mass is 28.4. The molecule has 0 spiro atoms. The van der Waals surface area contributed by atoms with Crippen LogP contribution in [0.5, 0.6) is 0 Å². The van der Waals surface area contributed by atoms with Crippen molar-refractivity contribution in [2.75, 3.05) is 26.3 Å². The highest BCUT2D eigenvalue weighted by Gasteiger charge is 2.29. The summed E-state index contributed by atoms with van der Waals surface area (Å²) in [5.74, 6) is -0.0930. The summed E-state index contributed by atoms with van der Waals surface area (Å²) in [7, 11) is -3.73. The highest BCUT2D eigenvalue weighted by molar-refractivity contribution is 6.71. The van der Waals surface area contributed by atoms with Crippen LogP contribution >= 0.6 is 0 Å². The molecule has 7 heteroatoms. The Balaban J connectivity index is 3.73. The van der Waals surface area contributed by atoms with Gasteiger partial charge in [0.25, 0.3) is 5.97 Å². The minimum atomic E-state index is -1.99. The average Bonchev–Trinajstić information content (AvgIpc) is 2.32. The second kappa shape index (κ2) is 10.5. The fourth-order valence-corrected chi connectivity index (χ4v) is 5.24. The van der Waals surface area contributed by atoms with Crippen LogP contribution in [0.2, 0.25) is 32.2 Å². The van der Waals surface area contributed by atoms with Crippen molar-refractivity contribution in [2.45, 2.75) is 58.9 Å². The molecule has 0 aromatic heterocycles. The van der Waals surface area contributed by atoms with Crippen molar-refractivity contribution in [3.05, 3.63) is 0 Å². The van der Waals surface area contributed by atoms with Gasteiger partial charge < -0.3 is 18.6 Å². The number of rotatable bonds is 12. The molecule has 21 heavy (non-hydrogen) atoms. The third kappa shape index (κ3) is 12.1. The van der Waals surface area contributed by atoms with E-state index in [0.717, 1.165) is 19.0 Å². The molecule has 0 aliphatic carbocycles. The van der Waals surface area contributed by atoms with Crippen molar-refractivity contribution >= 4 is 22.8 Å². The van der Waals surface area contributed by atoms with Gasteiger partial charge in [-0.2, -0.15) is 0 Å². The molecule has 0 bridgehead atoms. The summed E-state index contributed by atoms with van der Waals surface area (Å²) in [6.07, 6.45) is 1.45. The summed E-state index contributed by atoms with van der Waals surface area (Å²) < 4.78 is 17.0.